The third kappa shape index (κ3) is 3.39. The van der Waals surface area contributed by atoms with Crippen LogP contribution in [-0.2, 0) is 10.9 Å². The zero-order chi connectivity index (χ0) is 17.9. The molecule has 26 heavy (non-hydrogen) atoms. The SMILES string of the molecule is Cc1cc(N(c2ccccc2)c2ccccc2)cc(C)c1[S+]1CCCC1. The summed E-state index contributed by atoms with van der Waals surface area (Å²) in [6.07, 6.45) is 2.79. The van der Waals surface area contributed by atoms with Crippen LogP contribution in [0.4, 0.5) is 17.1 Å². The third-order valence-corrected chi connectivity index (χ3v) is 7.84. The fourth-order valence-corrected chi connectivity index (χ4v) is 6.72. The van der Waals surface area contributed by atoms with E-state index in [1.54, 1.807) is 4.90 Å². The van der Waals surface area contributed by atoms with Gasteiger partial charge >= 0.3 is 0 Å². The molecule has 0 unspecified atom stereocenters. The van der Waals surface area contributed by atoms with Gasteiger partial charge in [-0.05, 0) is 63.1 Å². The highest BCUT2D eigenvalue weighted by Crippen LogP contribution is 2.38. The molecule has 0 radical (unpaired) electrons. The van der Waals surface area contributed by atoms with Crippen LogP contribution in [0.1, 0.15) is 24.0 Å². The highest BCUT2D eigenvalue weighted by Gasteiger charge is 2.30. The molecule has 1 nitrogen and oxygen atoms in total. The Balaban J connectivity index is 1.81. The average molecular weight is 361 g/mol. The molecule has 0 aromatic heterocycles. The number of aryl methyl sites for hydroxylation is 2. The van der Waals surface area contributed by atoms with Gasteiger partial charge < -0.3 is 4.90 Å². The Kier molecular flexibility index (Phi) is 5.03. The van der Waals surface area contributed by atoms with Gasteiger partial charge in [-0.3, -0.25) is 0 Å². The minimum Gasteiger partial charge on any atom is -0.310 e. The van der Waals surface area contributed by atoms with E-state index in [0.29, 0.717) is 10.9 Å². The standard InChI is InChI=1S/C24H26NS/c1-19-17-23(18-20(2)24(19)26-15-9-10-16-26)25(21-11-5-3-6-12-21)22-13-7-4-8-14-22/h3-8,11-14,17-18H,9-10,15-16H2,1-2H3/q+1. The lowest BCUT2D eigenvalue weighted by Gasteiger charge is -2.26. The first-order valence-electron chi connectivity index (χ1n) is 9.43. The molecule has 1 saturated heterocycles. The number of hydrogen-bond donors (Lipinski definition) is 0. The number of rotatable bonds is 4. The maximum Gasteiger partial charge on any atom is 0.160 e. The van der Waals surface area contributed by atoms with Gasteiger partial charge in [0, 0.05) is 39.1 Å². The van der Waals surface area contributed by atoms with Crippen molar-refractivity contribution in [2.75, 3.05) is 16.4 Å². The molecule has 0 N–H and O–H groups in total. The fraction of sp³-hybridized carbons (Fsp3) is 0.250. The molecular formula is C24H26NS+. The first-order valence-corrected chi connectivity index (χ1v) is 11.0. The summed E-state index contributed by atoms with van der Waals surface area (Å²) in [5, 5.41) is 0. The molecule has 1 aliphatic heterocycles. The summed E-state index contributed by atoms with van der Waals surface area (Å²) in [6, 6.07) is 26.1. The van der Waals surface area contributed by atoms with E-state index in [0.717, 1.165) is 0 Å². The first kappa shape index (κ1) is 17.2. The van der Waals surface area contributed by atoms with Gasteiger partial charge in [-0.1, -0.05) is 36.4 Å². The Morgan fingerprint density at radius 1 is 0.654 bits per heavy atom. The van der Waals surface area contributed by atoms with Gasteiger partial charge in [-0.2, -0.15) is 0 Å². The van der Waals surface area contributed by atoms with Gasteiger partial charge in [0.25, 0.3) is 0 Å². The molecule has 0 bridgehead atoms. The van der Waals surface area contributed by atoms with Crippen LogP contribution in [0.2, 0.25) is 0 Å². The summed E-state index contributed by atoms with van der Waals surface area (Å²) in [6.45, 7) is 4.59. The fourth-order valence-electron chi connectivity index (χ4n) is 3.97. The lowest BCUT2D eigenvalue weighted by atomic mass is 10.1. The van der Waals surface area contributed by atoms with E-state index in [1.165, 1.54) is 52.5 Å². The molecule has 0 aliphatic carbocycles. The molecule has 0 spiro atoms. The van der Waals surface area contributed by atoms with E-state index in [9.17, 15) is 0 Å². The molecule has 1 fully saturated rings. The largest absolute Gasteiger partial charge is 0.310 e. The van der Waals surface area contributed by atoms with Gasteiger partial charge in [0.2, 0.25) is 0 Å². The van der Waals surface area contributed by atoms with Gasteiger partial charge in [0.1, 0.15) is 11.5 Å². The molecule has 2 heteroatoms. The smallest absolute Gasteiger partial charge is 0.160 e. The van der Waals surface area contributed by atoms with Crippen LogP contribution in [0.5, 0.6) is 0 Å². The van der Waals surface area contributed by atoms with Crippen molar-refractivity contribution in [3.63, 3.8) is 0 Å². The molecule has 132 valence electrons. The normalized spacial score (nSPS) is 14.5. The molecule has 3 aromatic carbocycles. The highest BCUT2D eigenvalue weighted by atomic mass is 32.2. The molecule has 0 saturated carbocycles. The van der Waals surface area contributed by atoms with Crippen LogP contribution in [-0.4, -0.2) is 11.5 Å². The summed E-state index contributed by atoms with van der Waals surface area (Å²) < 4.78 is 0. The van der Waals surface area contributed by atoms with E-state index in [1.807, 2.05) is 0 Å². The van der Waals surface area contributed by atoms with Crippen molar-refractivity contribution in [3.05, 3.63) is 83.9 Å². The Labute approximate surface area is 160 Å². The molecule has 4 rings (SSSR count). The van der Waals surface area contributed by atoms with Crippen LogP contribution < -0.4 is 4.90 Å². The lowest BCUT2D eigenvalue weighted by Crippen LogP contribution is -2.13. The first-order chi connectivity index (χ1) is 12.7. The van der Waals surface area contributed by atoms with E-state index in [-0.39, 0.29) is 0 Å². The van der Waals surface area contributed by atoms with Gasteiger partial charge in [-0.15, -0.1) is 0 Å². The number of hydrogen-bond acceptors (Lipinski definition) is 1. The summed E-state index contributed by atoms with van der Waals surface area (Å²) in [7, 11) is 0.457. The van der Waals surface area contributed by atoms with E-state index in [4.69, 9.17) is 0 Å². The minimum atomic E-state index is 0.457. The van der Waals surface area contributed by atoms with E-state index < -0.39 is 0 Å². The van der Waals surface area contributed by atoms with Crippen molar-refractivity contribution in [3.8, 4) is 0 Å². The number of benzene rings is 3. The molecule has 0 amide bonds. The van der Waals surface area contributed by atoms with Crippen LogP contribution in [0.3, 0.4) is 0 Å². The number of anilines is 3. The molecular weight excluding hydrogens is 334 g/mol. The van der Waals surface area contributed by atoms with Crippen LogP contribution in [0, 0.1) is 13.8 Å². The minimum absolute atomic E-state index is 0.457. The second kappa shape index (κ2) is 7.59. The monoisotopic (exact) mass is 360 g/mol. The van der Waals surface area contributed by atoms with Gasteiger partial charge in [-0.25, -0.2) is 0 Å². The Morgan fingerprint density at radius 3 is 1.58 bits per heavy atom. The summed E-state index contributed by atoms with van der Waals surface area (Å²) in [5.41, 5.74) is 6.55. The molecule has 1 heterocycles. The Hall–Kier alpha value is -2.19. The second-order valence-electron chi connectivity index (χ2n) is 7.02. The molecule has 3 aromatic rings. The summed E-state index contributed by atoms with van der Waals surface area (Å²) in [5.74, 6) is 2.75. The summed E-state index contributed by atoms with van der Waals surface area (Å²) >= 11 is 0. The van der Waals surface area contributed by atoms with Crippen LogP contribution in [0.25, 0.3) is 0 Å². The number of para-hydroxylation sites is 2. The Morgan fingerprint density at radius 2 is 1.12 bits per heavy atom. The predicted octanol–water partition coefficient (Wildman–Crippen LogP) is 6.54. The van der Waals surface area contributed by atoms with Crippen molar-refractivity contribution < 1.29 is 0 Å². The maximum atomic E-state index is 2.38. The van der Waals surface area contributed by atoms with E-state index >= 15 is 0 Å². The topological polar surface area (TPSA) is 3.24 Å². The predicted molar refractivity (Wildman–Crippen MR) is 115 cm³/mol. The van der Waals surface area contributed by atoms with Crippen LogP contribution >= 0.6 is 0 Å². The maximum absolute atomic E-state index is 2.38. The van der Waals surface area contributed by atoms with E-state index in [2.05, 4.69) is 91.5 Å². The van der Waals surface area contributed by atoms with Gasteiger partial charge in [0.15, 0.2) is 4.90 Å². The second-order valence-corrected chi connectivity index (χ2v) is 9.23. The van der Waals surface area contributed by atoms with Crippen molar-refractivity contribution in [2.24, 2.45) is 0 Å². The molecule has 0 atom stereocenters. The van der Waals surface area contributed by atoms with Crippen molar-refractivity contribution >= 4 is 28.0 Å². The van der Waals surface area contributed by atoms with Crippen molar-refractivity contribution in [2.45, 2.75) is 31.6 Å². The summed E-state index contributed by atoms with van der Waals surface area (Å²) in [4.78, 5) is 3.98. The molecule has 1 aliphatic rings. The van der Waals surface area contributed by atoms with Crippen LogP contribution in [0.15, 0.2) is 77.7 Å². The third-order valence-electron chi connectivity index (χ3n) is 5.05. The lowest BCUT2D eigenvalue weighted by molar-refractivity contribution is 0.949. The average Bonchev–Trinajstić information content (AvgIpc) is 3.17. The highest BCUT2D eigenvalue weighted by molar-refractivity contribution is 7.97. The zero-order valence-corrected chi connectivity index (χ0v) is 16.4. The Bertz CT molecular complexity index is 805. The van der Waals surface area contributed by atoms with Gasteiger partial charge in [0.05, 0.1) is 0 Å². The zero-order valence-electron chi connectivity index (χ0n) is 15.6. The van der Waals surface area contributed by atoms with Crippen molar-refractivity contribution in [1.29, 1.82) is 0 Å². The quantitative estimate of drug-likeness (QED) is 0.477. The number of nitrogens with zero attached hydrogens (tertiary/aromatic N) is 1. The van der Waals surface area contributed by atoms with Crippen molar-refractivity contribution in [1.82, 2.24) is 0 Å².